The fourth-order valence-corrected chi connectivity index (χ4v) is 1.27. The molecule has 2 rings (SSSR count). The van der Waals surface area contributed by atoms with E-state index in [2.05, 4.69) is 15.4 Å². The van der Waals surface area contributed by atoms with Gasteiger partial charge in [0, 0.05) is 6.42 Å². The van der Waals surface area contributed by atoms with Gasteiger partial charge in [-0.25, -0.2) is 10.8 Å². The van der Waals surface area contributed by atoms with Crippen molar-refractivity contribution in [3.05, 3.63) is 12.0 Å². The van der Waals surface area contributed by atoms with Crippen molar-refractivity contribution in [2.75, 3.05) is 18.6 Å². The highest BCUT2D eigenvalue weighted by Gasteiger charge is 2.20. The molecule has 1 aliphatic heterocycles. The Morgan fingerprint density at radius 2 is 2.53 bits per heavy atom. The van der Waals surface area contributed by atoms with Crippen LogP contribution in [0.5, 0.6) is 5.88 Å². The van der Waals surface area contributed by atoms with Gasteiger partial charge in [-0.05, 0) is 0 Å². The molecule has 3 N–H and O–H groups in total. The Bertz CT molecular complexity index is 343. The van der Waals surface area contributed by atoms with Crippen molar-refractivity contribution in [1.29, 1.82) is 0 Å². The molecule has 0 aliphatic carbocycles. The van der Waals surface area contributed by atoms with Crippen molar-refractivity contribution in [1.82, 2.24) is 9.97 Å². The maximum atomic E-state index is 13.2. The number of hydrogen-bond acceptors (Lipinski definition) is 6. The number of anilines is 1. The first-order valence-corrected chi connectivity index (χ1v) is 4.53. The van der Waals surface area contributed by atoms with E-state index in [-0.39, 0.29) is 17.9 Å². The third-order valence-corrected chi connectivity index (χ3v) is 2.01. The second-order valence-corrected chi connectivity index (χ2v) is 3.09. The molecule has 2 heterocycles. The van der Waals surface area contributed by atoms with Crippen LogP contribution >= 0.6 is 0 Å². The van der Waals surface area contributed by atoms with Crippen molar-refractivity contribution in [2.24, 2.45) is 5.84 Å². The number of aromatic nitrogens is 2. The Kier molecular flexibility index (Phi) is 2.93. The minimum atomic E-state index is -0.610. The number of nitrogens with one attached hydrogen (secondary N) is 1. The summed E-state index contributed by atoms with van der Waals surface area (Å²) in [6, 6.07) is 0. The predicted octanol–water partition coefficient (Wildman–Crippen LogP) is 0.0690. The Balaban J connectivity index is 2.11. The first-order valence-electron chi connectivity index (χ1n) is 4.53. The Hall–Kier alpha value is -1.47. The summed E-state index contributed by atoms with van der Waals surface area (Å²) < 4.78 is 23.6. The van der Waals surface area contributed by atoms with Crippen LogP contribution in [0.25, 0.3) is 0 Å². The maximum absolute atomic E-state index is 13.2. The smallest absolute Gasteiger partial charge is 0.255 e. The van der Waals surface area contributed by atoms with E-state index in [0.29, 0.717) is 13.2 Å². The van der Waals surface area contributed by atoms with Crippen molar-refractivity contribution in [3.63, 3.8) is 0 Å². The molecule has 1 atom stereocenters. The highest BCUT2D eigenvalue weighted by Crippen LogP contribution is 2.18. The number of nitrogens with two attached hydrogens (primary N) is 1. The molecular formula is C8H11FN4O2. The lowest BCUT2D eigenvalue weighted by molar-refractivity contribution is 0.134. The molecule has 15 heavy (non-hydrogen) atoms. The van der Waals surface area contributed by atoms with Gasteiger partial charge in [0.15, 0.2) is 0 Å². The second-order valence-electron chi connectivity index (χ2n) is 3.09. The molecule has 0 spiro atoms. The molecule has 1 aromatic rings. The summed E-state index contributed by atoms with van der Waals surface area (Å²) >= 11 is 0. The van der Waals surface area contributed by atoms with Gasteiger partial charge in [-0.2, -0.15) is 9.37 Å². The normalized spacial score (nSPS) is 20.3. The number of nitrogen functional groups attached to an aromatic ring is 1. The van der Waals surface area contributed by atoms with Gasteiger partial charge in [0.1, 0.15) is 6.10 Å². The van der Waals surface area contributed by atoms with Crippen LogP contribution in [0.1, 0.15) is 6.42 Å². The zero-order valence-corrected chi connectivity index (χ0v) is 7.94. The predicted molar refractivity (Wildman–Crippen MR) is 49.7 cm³/mol. The quantitative estimate of drug-likeness (QED) is 0.547. The van der Waals surface area contributed by atoms with Gasteiger partial charge < -0.3 is 9.47 Å². The fraction of sp³-hybridized carbons (Fsp3) is 0.500. The van der Waals surface area contributed by atoms with Crippen LogP contribution in [-0.2, 0) is 4.74 Å². The van der Waals surface area contributed by atoms with Gasteiger partial charge in [0.2, 0.25) is 11.8 Å². The molecule has 1 unspecified atom stereocenters. The van der Waals surface area contributed by atoms with Crippen LogP contribution in [0.2, 0.25) is 0 Å². The first-order chi connectivity index (χ1) is 7.29. The van der Waals surface area contributed by atoms with Crippen molar-refractivity contribution >= 4 is 5.95 Å². The lowest BCUT2D eigenvalue weighted by Gasteiger charge is -2.11. The average molecular weight is 214 g/mol. The summed E-state index contributed by atoms with van der Waals surface area (Å²) in [4.78, 5) is 7.35. The van der Waals surface area contributed by atoms with E-state index in [1.54, 1.807) is 0 Å². The third kappa shape index (κ3) is 2.31. The zero-order chi connectivity index (χ0) is 10.7. The third-order valence-electron chi connectivity index (χ3n) is 2.01. The Morgan fingerprint density at radius 3 is 3.20 bits per heavy atom. The van der Waals surface area contributed by atoms with Crippen molar-refractivity contribution in [2.45, 2.75) is 12.5 Å². The standard InChI is InChI=1S/C8H11FN4O2/c9-6-3-11-8(13-10)12-7(6)15-5-1-2-14-4-5/h3,5H,1-2,4,10H2,(H,11,12,13). The summed E-state index contributed by atoms with van der Waals surface area (Å²) in [5.41, 5.74) is 2.22. The number of nitrogens with zero attached hydrogens (tertiary/aromatic N) is 2. The van der Waals surface area contributed by atoms with Crippen molar-refractivity contribution in [3.8, 4) is 5.88 Å². The van der Waals surface area contributed by atoms with E-state index < -0.39 is 5.82 Å². The van der Waals surface area contributed by atoms with Crippen LogP contribution < -0.4 is 16.0 Å². The molecule has 1 aliphatic rings. The van der Waals surface area contributed by atoms with Gasteiger partial charge in [0.05, 0.1) is 19.4 Å². The van der Waals surface area contributed by atoms with Crippen molar-refractivity contribution < 1.29 is 13.9 Å². The maximum Gasteiger partial charge on any atom is 0.255 e. The summed E-state index contributed by atoms with van der Waals surface area (Å²) in [5.74, 6) is 4.50. The van der Waals surface area contributed by atoms with Crippen LogP contribution in [0, 0.1) is 5.82 Å². The number of hydrogen-bond donors (Lipinski definition) is 2. The van der Waals surface area contributed by atoms with Gasteiger partial charge in [-0.3, -0.25) is 5.43 Å². The van der Waals surface area contributed by atoms with Gasteiger partial charge >= 0.3 is 0 Å². The molecule has 0 saturated carbocycles. The minimum Gasteiger partial charge on any atom is -0.470 e. The summed E-state index contributed by atoms with van der Waals surface area (Å²) in [7, 11) is 0. The lowest BCUT2D eigenvalue weighted by Crippen LogP contribution is -2.18. The molecule has 0 bridgehead atoms. The number of ether oxygens (including phenoxy) is 2. The van der Waals surface area contributed by atoms with E-state index in [4.69, 9.17) is 15.3 Å². The largest absolute Gasteiger partial charge is 0.470 e. The molecule has 0 aromatic carbocycles. The summed E-state index contributed by atoms with van der Waals surface area (Å²) in [6.45, 7) is 1.08. The number of rotatable bonds is 3. The Labute approximate surface area is 85.6 Å². The molecule has 1 saturated heterocycles. The number of halogens is 1. The molecule has 1 aromatic heterocycles. The molecule has 0 radical (unpaired) electrons. The van der Waals surface area contributed by atoms with E-state index in [9.17, 15) is 4.39 Å². The van der Waals surface area contributed by atoms with Crippen LogP contribution in [0.15, 0.2) is 6.20 Å². The van der Waals surface area contributed by atoms with E-state index in [1.165, 1.54) is 0 Å². The topological polar surface area (TPSA) is 82.3 Å². The lowest BCUT2D eigenvalue weighted by atomic mass is 10.3. The van der Waals surface area contributed by atoms with Gasteiger partial charge in [-0.15, -0.1) is 0 Å². The van der Waals surface area contributed by atoms with E-state index in [1.807, 2.05) is 0 Å². The first kappa shape index (κ1) is 10.1. The highest BCUT2D eigenvalue weighted by molar-refractivity contribution is 5.26. The summed E-state index contributed by atoms with van der Waals surface area (Å²) in [5, 5.41) is 0. The zero-order valence-electron chi connectivity index (χ0n) is 7.94. The molecule has 7 heteroatoms. The van der Waals surface area contributed by atoms with Crippen LogP contribution in [-0.4, -0.2) is 29.3 Å². The van der Waals surface area contributed by atoms with Crippen LogP contribution in [0.4, 0.5) is 10.3 Å². The van der Waals surface area contributed by atoms with E-state index >= 15 is 0 Å². The van der Waals surface area contributed by atoms with Crippen LogP contribution in [0.3, 0.4) is 0 Å². The number of hydrazine groups is 1. The molecular weight excluding hydrogens is 203 g/mol. The molecule has 1 fully saturated rings. The molecule has 82 valence electrons. The monoisotopic (exact) mass is 214 g/mol. The molecule has 0 amide bonds. The van der Waals surface area contributed by atoms with E-state index in [0.717, 1.165) is 12.6 Å². The van der Waals surface area contributed by atoms with Gasteiger partial charge in [0.25, 0.3) is 5.88 Å². The Morgan fingerprint density at radius 1 is 1.67 bits per heavy atom. The molecule has 6 nitrogen and oxygen atoms in total. The second kappa shape index (κ2) is 4.37. The minimum absolute atomic E-state index is 0.103. The SMILES string of the molecule is NNc1ncc(F)c(OC2CCOC2)n1. The highest BCUT2D eigenvalue weighted by atomic mass is 19.1. The average Bonchev–Trinajstić information content (AvgIpc) is 2.74. The fourth-order valence-electron chi connectivity index (χ4n) is 1.27. The summed E-state index contributed by atoms with van der Waals surface area (Å²) in [6.07, 6.45) is 1.59. The van der Waals surface area contributed by atoms with Gasteiger partial charge in [-0.1, -0.05) is 0 Å².